The maximum Gasteiger partial charge on any atom is 0.274 e. The van der Waals surface area contributed by atoms with Crippen molar-refractivity contribution < 1.29 is 9.59 Å². The molecule has 2 amide bonds. The maximum atomic E-state index is 12.7. The first-order valence-electron chi connectivity index (χ1n) is 8.54. The van der Waals surface area contributed by atoms with Gasteiger partial charge < -0.3 is 9.80 Å². The third-order valence-corrected chi connectivity index (χ3v) is 5.91. The van der Waals surface area contributed by atoms with E-state index >= 15 is 0 Å². The van der Waals surface area contributed by atoms with Gasteiger partial charge in [-0.15, -0.1) is 0 Å². The average molecular weight is 356 g/mol. The van der Waals surface area contributed by atoms with Crippen molar-refractivity contribution >= 4 is 23.2 Å². The van der Waals surface area contributed by atoms with Gasteiger partial charge in [0.2, 0.25) is 0 Å². The predicted molar refractivity (Wildman–Crippen MR) is 94.4 cm³/mol. The minimum absolute atomic E-state index is 0.0157. The minimum Gasteiger partial charge on any atom is -0.338 e. The van der Waals surface area contributed by atoms with Gasteiger partial charge >= 0.3 is 0 Å². The molecule has 2 aliphatic rings. The maximum absolute atomic E-state index is 12.7. The number of hydrogen-bond donors (Lipinski definition) is 0. The Bertz CT molecular complexity index is 765. The molecule has 7 heteroatoms. The highest BCUT2D eigenvalue weighted by molar-refractivity contribution is 7.08. The zero-order valence-corrected chi connectivity index (χ0v) is 14.7. The molecule has 0 bridgehead atoms. The van der Waals surface area contributed by atoms with E-state index in [-0.39, 0.29) is 17.2 Å². The lowest BCUT2D eigenvalue weighted by atomic mass is 9.79. The lowest BCUT2D eigenvalue weighted by molar-refractivity contribution is 0.0510. The molecule has 130 valence electrons. The van der Waals surface area contributed by atoms with Crippen molar-refractivity contribution in [2.45, 2.75) is 19.3 Å². The van der Waals surface area contributed by atoms with Gasteiger partial charge in [-0.1, -0.05) is 0 Å². The van der Waals surface area contributed by atoms with Gasteiger partial charge in [0.05, 0.1) is 11.8 Å². The topological polar surface area (TPSA) is 66.4 Å². The van der Waals surface area contributed by atoms with Crippen LogP contribution in [0.5, 0.6) is 0 Å². The smallest absolute Gasteiger partial charge is 0.274 e. The van der Waals surface area contributed by atoms with Crippen LogP contribution in [0.25, 0.3) is 0 Å². The summed E-state index contributed by atoms with van der Waals surface area (Å²) in [6, 6.07) is 1.88. The summed E-state index contributed by atoms with van der Waals surface area (Å²) in [5, 5.41) is 3.83. The molecule has 1 spiro atoms. The van der Waals surface area contributed by atoms with Crippen LogP contribution in [0.2, 0.25) is 0 Å². The molecule has 6 nitrogen and oxygen atoms in total. The fourth-order valence-electron chi connectivity index (χ4n) is 3.96. The molecular formula is C18H20N4O2S. The first-order chi connectivity index (χ1) is 12.2. The SMILES string of the molecule is O=C(c1ccsc1)N1CC[C@@]2(CCCN(C(=O)c3cnccn3)C2)C1. The molecule has 4 rings (SSSR count). The molecule has 2 aromatic heterocycles. The van der Waals surface area contributed by atoms with Crippen LogP contribution in [0, 0.1) is 5.41 Å². The van der Waals surface area contributed by atoms with Crippen LogP contribution >= 0.6 is 11.3 Å². The second-order valence-electron chi connectivity index (χ2n) is 6.91. The number of carbonyl (C=O) groups excluding carboxylic acids is 2. The molecule has 0 radical (unpaired) electrons. The summed E-state index contributed by atoms with van der Waals surface area (Å²) >= 11 is 1.54. The van der Waals surface area contributed by atoms with Crippen LogP contribution in [0.3, 0.4) is 0 Å². The number of likely N-dealkylation sites (tertiary alicyclic amines) is 2. The second-order valence-corrected chi connectivity index (χ2v) is 7.69. The number of amides is 2. The summed E-state index contributed by atoms with van der Waals surface area (Å²) in [7, 11) is 0. The Balaban J connectivity index is 1.46. The van der Waals surface area contributed by atoms with Crippen LogP contribution in [0.1, 0.15) is 40.1 Å². The highest BCUT2D eigenvalue weighted by Gasteiger charge is 2.44. The summed E-state index contributed by atoms with van der Waals surface area (Å²) < 4.78 is 0. The molecule has 1 atom stereocenters. The standard InChI is InChI=1S/C18H20N4O2S/c23-16(14-2-9-25-11-14)22-8-4-18(13-22)3-1-7-21(12-18)17(24)15-10-19-5-6-20-15/h2,5-6,9-11H,1,3-4,7-8,12-13H2/t18-/m1/s1. The number of aromatic nitrogens is 2. The molecule has 25 heavy (non-hydrogen) atoms. The summed E-state index contributed by atoms with van der Waals surface area (Å²) in [6.07, 6.45) is 7.61. The fraction of sp³-hybridized carbons (Fsp3) is 0.444. The molecule has 0 saturated carbocycles. The normalized spacial score (nSPS) is 23.2. The zero-order valence-electron chi connectivity index (χ0n) is 13.9. The van der Waals surface area contributed by atoms with E-state index in [1.807, 2.05) is 26.6 Å². The van der Waals surface area contributed by atoms with E-state index in [1.165, 1.54) is 6.20 Å². The van der Waals surface area contributed by atoms with E-state index in [4.69, 9.17) is 0 Å². The third-order valence-electron chi connectivity index (χ3n) is 5.22. The van der Waals surface area contributed by atoms with Crippen LogP contribution in [-0.4, -0.2) is 57.8 Å². The summed E-state index contributed by atoms with van der Waals surface area (Å²) in [5.74, 6) is 0.0466. The van der Waals surface area contributed by atoms with Crippen LogP contribution < -0.4 is 0 Å². The van der Waals surface area contributed by atoms with Gasteiger partial charge in [-0.05, 0) is 30.7 Å². The number of carbonyl (C=O) groups is 2. The number of rotatable bonds is 2. The molecule has 2 aliphatic heterocycles. The molecular weight excluding hydrogens is 336 g/mol. The Kier molecular flexibility index (Phi) is 4.25. The number of nitrogens with zero attached hydrogens (tertiary/aromatic N) is 4. The third kappa shape index (κ3) is 3.16. The largest absolute Gasteiger partial charge is 0.338 e. The van der Waals surface area contributed by atoms with E-state index in [0.717, 1.165) is 44.5 Å². The lowest BCUT2D eigenvalue weighted by Crippen LogP contribution is -2.47. The van der Waals surface area contributed by atoms with Crippen LogP contribution in [0.4, 0.5) is 0 Å². The van der Waals surface area contributed by atoms with Crippen molar-refractivity contribution in [1.29, 1.82) is 0 Å². The quantitative estimate of drug-likeness (QED) is 0.828. The number of thiophene rings is 1. The molecule has 2 aromatic rings. The molecule has 2 saturated heterocycles. The van der Waals surface area contributed by atoms with Crippen molar-refractivity contribution in [1.82, 2.24) is 19.8 Å². The lowest BCUT2D eigenvalue weighted by Gasteiger charge is -2.40. The highest BCUT2D eigenvalue weighted by Crippen LogP contribution is 2.39. The van der Waals surface area contributed by atoms with E-state index in [1.54, 1.807) is 23.7 Å². The van der Waals surface area contributed by atoms with E-state index in [0.29, 0.717) is 12.2 Å². The fourth-order valence-corrected chi connectivity index (χ4v) is 4.59. The van der Waals surface area contributed by atoms with Gasteiger partial charge in [-0.3, -0.25) is 14.6 Å². The summed E-state index contributed by atoms with van der Waals surface area (Å²) in [5.41, 5.74) is 1.18. The predicted octanol–water partition coefficient (Wildman–Crippen LogP) is 2.31. The Morgan fingerprint density at radius 1 is 1.08 bits per heavy atom. The van der Waals surface area contributed by atoms with Gasteiger partial charge in [-0.2, -0.15) is 11.3 Å². The number of hydrogen-bond acceptors (Lipinski definition) is 5. The molecule has 0 unspecified atom stereocenters. The van der Waals surface area contributed by atoms with Gasteiger partial charge in [0.25, 0.3) is 11.8 Å². The Labute approximate surface area is 150 Å². The zero-order chi connectivity index (χ0) is 17.3. The molecule has 2 fully saturated rings. The van der Waals surface area contributed by atoms with Gasteiger partial charge in [-0.25, -0.2) is 4.98 Å². The monoisotopic (exact) mass is 356 g/mol. The van der Waals surface area contributed by atoms with E-state index in [2.05, 4.69) is 9.97 Å². The van der Waals surface area contributed by atoms with Crippen LogP contribution in [-0.2, 0) is 0 Å². The average Bonchev–Trinajstić information content (AvgIpc) is 3.32. The van der Waals surface area contributed by atoms with Crippen LogP contribution in [0.15, 0.2) is 35.4 Å². The summed E-state index contributed by atoms with van der Waals surface area (Å²) in [6.45, 7) is 2.93. The highest BCUT2D eigenvalue weighted by atomic mass is 32.1. The van der Waals surface area contributed by atoms with Gasteiger partial charge in [0.1, 0.15) is 5.69 Å². The van der Waals surface area contributed by atoms with E-state index < -0.39 is 0 Å². The van der Waals surface area contributed by atoms with Crippen molar-refractivity contribution in [3.63, 3.8) is 0 Å². The molecule has 0 aliphatic carbocycles. The summed E-state index contributed by atoms with van der Waals surface area (Å²) in [4.78, 5) is 37.2. The van der Waals surface area contributed by atoms with Gasteiger partial charge in [0.15, 0.2) is 0 Å². The first-order valence-corrected chi connectivity index (χ1v) is 9.48. The Morgan fingerprint density at radius 2 is 1.92 bits per heavy atom. The Morgan fingerprint density at radius 3 is 2.64 bits per heavy atom. The van der Waals surface area contributed by atoms with Crippen molar-refractivity contribution in [3.05, 3.63) is 46.7 Å². The van der Waals surface area contributed by atoms with E-state index in [9.17, 15) is 9.59 Å². The molecule has 0 N–H and O–H groups in total. The Hall–Kier alpha value is -2.28. The molecule has 0 aromatic carbocycles. The minimum atomic E-state index is -0.0604. The first kappa shape index (κ1) is 16.2. The van der Waals surface area contributed by atoms with Crippen molar-refractivity contribution in [2.75, 3.05) is 26.2 Å². The van der Waals surface area contributed by atoms with Crippen molar-refractivity contribution in [2.24, 2.45) is 5.41 Å². The van der Waals surface area contributed by atoms with Gasteiger partial charge in [0, 0.05) is 49.4 Å². The van der Waals surface area contributed by atoms with Crippen molar-refractivity contribution in [3.8, 4) is 0 Å². The second kappa shape index (κ2) is 6.55. The number of piperidine rings is 1. The molecule has 4 heterocycles.